The van der Waals surface area contributed by atoms with Gasteiger partial charge in [0.2, 0.25) is 0 Å². The lowest BCUT2D eigenvalue weighted by molar-refractivity contribution is -0.0426. The molecule has 1 aliphatic carbocycles. The Balaban J connectivity index is 1.45. The number of rotatable bonds is 9. The lowest BCUT2D eigenvalue weighted by Gasteiger charge is -2.43. The number of hydrogen-bond donors (Lipinski definition) is 2. The van der Waals surface area contributed by atoms with E-state index >= 15 is 0 Å². The summed E-state index contributed by atoms with van der Waals surface area (Å²) in [5.41, 5.74) is 6.89. The first-order valence-corrected chi connectivity index (χ1v) is 13.1. The van der Waals surface area contributed by atoms with Gasteiger partial charge >= 0.3 is 6.03 Å². The molecule has 7 heteroatoms. The van der Waals surface area contributed by atoms with Gasteiger partial charge in [0, 0.05) is 17.8 Å². The van der Waals surface area contributed by atoms with Crippen molar-refractivity contribution >= 4 is 17.5 Å². The molecule has 0 radical (unpaired) electrons. The molecule has 2 aromatic carbocycles. The fourth-order valence-corrected chi connectivity index (χ4v) is 5.92. The van der Waals surface area contributed by atoms with Gasteiger partial charge in [0.15, 0.2) is 5.78 Å². The van der Waals surface area contributed by atoms with Gasteiger partial charge in [-0.15, -0.1) is 0 Å². The van der Waals surface area contributed by atoms with E-state index in [1.54, 1.807) is 24.3 Å². The van der Waals surface area contributed by atoms with Crippen LogP contribution in [0.4, 0.5) is 14.9 Å². The number of ketones is 1. The molecular weight excluding hydrogens is 457 g/mol. The van der Waals surface area contributed by atoms with Crippen molar-refractivity contribution in [1.29, 1.82) is 0 Å². The largest absolute Gasteiger partial charge is 0.386 e. The monoisotopic (exact) mass is 495 g/mol. The summed E-state index contributed by atoms with van der Waals surface area (Å²) in [6.07, 6.45) is 6.96. The van der Waals surface area contributed by atoms with E-state index < -0.39 is 11.6 Å². The van der Waals surface area contributed by atoms with Crippen LogP contribution >= 0.6 is 0 Å². The highest BCUT2D eigenvalue weighted by atomic mass is 19.1. The smallest absolute Gasteiger partial charge is 0.319 e. The van der Waals surface area contributed by atoms with Crippen LogP contribution in [0.25, 0.3) is 0 Å². The van der Waals surface area contributed by atoms with Crippen LogP contribution < -0.4 is 10.6 Å². The van der Waals surface area contributed by atoms with Gasteiger partial charge in [-0.1, -0.05) is 37.1 Å². The van der Waals surface area contributed by atoms with Crippen molar-refractivity contribution in [2.24, 2.45) is 17.6 Å². The number of piperidine rings is 1. The lowest BCUT2D eigenvalue weighted by Crippen LogP contribution is -2.57. The molecule has 2 amide bonds. The number of carbonyl (C=O) groups is 2. The second-order valence-electron chi connectivity index (χ2n) is 10.7. The SMILES string of the molecule is CC(=O)c1cccc(N(C[C@](O)(CN2CCC(Cc3ccc(F)cc3)CC2)C2CCCC2)C(N)=O)c1. The molecule has 0 aromatic heterocycles. The number of β-amino-alcohol motifs (C(OH)–C–C–N with tert-alkyl or cyclic N) is 1. The van der Waals surface area contributed by atoms with E-state index in [0.29, 0.717) is 23.7 Å². The molecule has 2 aromatic rings. The van der Waals surface area contributed by atoms with Gasteiger partial charge in [-0.3, -0.25) is 9.69 Å². The molecule has 4 rings (SSSR count). The number of benzene rings is 2. The van der Waals surface area contributed by atoms with Crippen molar-refractivity contribution in [3.05, 3.63) is 65.5 Å². The lowest BCUT2D eigenvalue weighted by atomic mass is 9.83. The number of nitrogens with zero attached hydrogens (tertiary/aromatic N) is 2. The quantitative estimate of drug-likeness (QED) is 0.490. The third-order valence-corrected chi connectivity index (χ3v) is 8.02. The number of hydrogen-bond acceptors (Lipinski definition) is 4. The molecule has 1 saturated heterocycles. The zero-order valence-corrected chi connectivity index (χ0v) is 21.2. The highest BCUT2D eigenvalue weighted by molar-refractivity contribution is 5.97. The van der Waals surface area contributed by atoms with Crippen molar-refractivity contribution in [2.45, 2.75) is 57.5 Å². The fourth-order valence-electron chi connectivity index (χ4n) is 5.92. The summed E-state index contributed by atoms with van der Waals surface area (Å²) in [7, 11) is 0. The Kier molecular flexibility index (Phi) is 8.42. The molecule has 0 spiro atoms. The maximum absolute atomic E-state index is 13.2. The van der Waals surface area contributed by atoms with Crippen LogP contribution in [0.1, 0.15) is 61.4 Å². The number of nitrogens with two attached hydrogens (primary N) is 1. The third kappa shape index (κ3) is 6.51. The summed E-state index contributed by atoms with van der Waals surface area (Å²) in [6.45, 7) is 3.82. The second-order valence-corrected chi connectivity index (χ2v) is 10.7. The Morgan fingerprint density at radius 3 is 2.36 bits per heavy atom. The number of aliphatic hydroxyl groups is 1. The van der Waals surface area contributed by atoms with Crippen molar-refractivity contribution < 1.29 is 19.1 Å². The van der Waals surface area contributed by atoms with E-state index in [9.17, 15) is 19.1 Å². The highest BCUT2D eigenvalue weighted by Crippen LogP contribution is 2.37. The number of primary amides is 1. The number of anilines is 1. The number of Topliss-reactive ketones (excluding diaryl/α,β-unsaturated/α-hetero) is 1. The number of carbonyl (C=O) groups excluding carboxylic acids is 2. The van der Waals surface area contributed by atoms with Crippen LogP contribution in [0.3, 0.4) is 0 Å². The molecule has 1 atom stereocenters. The number of urea groups is 1. The van der Waals surface area contributed by atoms with Crippen LogP contribution in [0.15, 0.2) is 48.5 Å². The molecule has 0 unspecified atom stereocenters. The molecule has 2 fully saturated rings. The predicted octanol–water partition coefficient (Wildman–Crippen LogP) is 4.79. The molecule has 36 heavy (non-hydrogen) atoms. The maximum atomic E-state index is 13.2. The van der Waals surface area contributed by atoms with E-state index in [4.69, 9.17) is 5.73 Å². The van der Waals surface area contributed by atoms with Gasteiger partial charge in [-0.2, -0.15) is 0 Å². The Bertz CT molecular complexity index is 1050. The summed E-state index contributed by atoms with van der Waals surface area (Å²) in [5.74, 6) is 0.323. The minimum Gasteiger partial charge on any atom is -0.386 e. The first-order valence-electron chi connectivity index (χ1n) is 13.1. The van der Waals surface area contributed by atoms with Crippen LogP contribution in [-0.2, 0) is 6.42 Å². The van der Waals surface area contributed by atoms with Gasteiger partial charge in [-0.05, 0) is 93.8 Å². The van der Waals surface area contributed by atoms with Gasteiger partial charge < -0.3 is 15.7 Å². The molecule has 3 N–H and O–H groups in total. The topological polar surface area (TPSA) is 86.9 Å². The molecule has 6 nitrogen and oxygen atoms in total. The standard InChI is InChI=1S/C29H38FN3O3/c1-21(34)24-5-4-8-27(18-24)33(28(31)35)20-29(36,25-6-2-3-7-25)19-32-15-13-23(14-16-32)17-22-9-11-26(30)12-10-22/h4-5,8-12,18,23,25,36H,2-3,6-7,13-17,19-20H2,1H3,(H2,31,35)/t29-/m1/s1. The van der Waals surface area contributed by atoms with Crippen molar-refractivity contribution in [1.82, 2.24) is 4.90 Å². The van der Waals surface area contributed by atoms with Gasteiger partial charge in [0.1, 0.15) is 5.82 Å². The van der Waals surface area contributed by atoms with Crippen LogP contribution in [0.5, 0.6) is 0 Å². The number of amides is 2. The molecular formula is C29H38FN3O3. The first-order chi connectivity index (χ1) is 17.2. The van der Waals surface area contributed by atoms with Crippen molar-refractivity contribution in [3.63, 3.8) is 0 Å². The van der Waals surface area contributed by atoms with E-state index in [1.807, 2.05) is 12.1 Å². The summed E-state index contributed by atoms with van der Waals surface area (Å²) >= 11 is 0. The van der Waals surface area contributed by atoms with Crippen molar-refractivity contribution in [3.8, 4) is 0 Å². The molecule has 0 bridgehead atoms. The summed E-state index contributed by atoms with van der Waals surface area (Å²) < 4.78 is 13.2. The Hall–Kier alpha value is -2.77. The van der Waals surface area contributed by atoms with Crippen LogP contribution in [0.2, 0.25) is 0 Å². The number of halogens is 1. The minimum absolute atomic E-state index is 0.0872. The van der Waals surface area contributed by atoms with Gasteiger partial charge in [0.25, 0.3) is 0 Å². The third-order valence-electron chi connectivity index (χ3n) is 8.02. The van der Waals surface area contributed by atoms with E-state index in [-0.39, 0.29) is 24.1 Å². The van der Waals surface area contributed by atoms with Crippen LogP contribution in [0, 0.1) is 17.7 Å². The Morgan fingerprint density at radius 2 is 1.75 bits per heavy atom. The predicted molar refractivity (Wildman–Crippen MR) is 140 cm³/mol. The average molecular weight is 496 g/mol. The first kappa shape index (κ1) is 26.3. The second kappa shape index (κ2) is 11.5. The van der Waals surface area contributed by atoms with Crippen LogP contribution in [-0.4, -0.2) is 53.6 Å². The molecule has 1 aliphatic heterocycles. The minimum atomic E-state index is -1.10. The summed E-state index contributed by atoms with van der Waals surface area (Å²) in [4.78, 5) is 28.1. The van der Waals surface area contributed by atoms with Crippen molar-refractivity contribution in [2.75, 3.05) is 31.1 Å². The normalized spacial score (nSPS) is 19.2. The van der Waals surface area contributed by atoms with E-state index in [2.05, 4.69) is 4.90 Å². The maximum Gasteiger partial charge on any atom is 0.319 e. The molecule has 1 saturated carbocycles. The summed E-state index contributed by atoms with van der Waals surface area (Å²) in [5, 5.41) is 12.1. The summed E-state index contributed by atoms with van der Waals surface area (Å²) in [6, 6.07) is 13.0. The van der Waals surface area contributed by atoms with E-state index in [0.717, 1.165) is 63.6 Å². The zero-order valence-electron chi connectivity index (χ0n) is 21.2. The van der Waals surface area contributed by atoms with Gasteiger partial charge in [0.05, 0.1) is 12.1 Å². The molecule has 1 heterocycles. The highest BCUT2D eigenvalue weighted by Gasteiger charge is 2.42. The Morgan fingerprint density at radius 1 is 1.08 bits per heavy atom. The number of likely N-dealkylation sites (tertiary alicyclic amines) is 1. The molecule has 2 aliphatic rings. The fraction of sp³-hybridized carbons (Fsp3) is 0.517. The zero-order chi connectivity index (χ0) is 25.7. The molecule has 194 valence electrons. The van der Waals surface area contributed by atoms with E-state index in [1.165, 1.54) is 24.0 Å². The Labute approximate surface area is 213 Å². The average Bonchev–Trinajstić information content (AvgIpc) is 3.41. The van der Waals surface area contributed by atoms with Gasteiger partial charge in [-0.25, -0.2) is 9.18 Å².